The third kappa shape index (κ3) is 1.75. The lowest BCUT2D eigenvalue weighted by Crippen LogP contribution is -2.11. The molecule has 0 bridgehead atoms. The van der Waals surface area contributed by atoms with Crippen LogP contribution in [0.25, 0.3) is 10.9 Å². The Labute approximate surface area is 95.9 Å². The van der Waals surface area contributed by atoms with Gasteiger partial charge in [-0.1, -0.05) is 32.9 Å². The van der Waals surface area contributed by atoms with Crippen molar-refractivity contribution in [1.82, 2.24) is 4.57 Å². The lowest BCUT2D eigenvalue weighted by Gasteiger charge is -2.19. The van der Waals surface area contributed by atoms with Gasteiger partial charge < -0.3 is 0 Å². The van der Waals surface area contributed by atoms with Gasteiger partial charge in [0, 0.05) is 18.5 Å². The zero-order valence-electron chi connectivity index (χ0n) is 10.2. The molecule has 0 saturated heterocycles. The molecule has 2 heteroatoms. The molecule has 1 heterocycles. The molecule has 1 aromatic heterocycles. The SMILES string of the molecule is CC(=O)n1ccc2ccc(C(C)(C)C)cc21. The number of nitrogens with zero attached hydrogens (tertiary/aromatic N) is 1. The largest absolute Gasteiger partial charge is 0.287 e. The molecule has 16 heavy (non-hydrogen) atoms. The Bertz CT molecular complexity index is 543. The summed E-state index contributed by atoms with van der Waals surface area (Å²) in [7, 11) is 0. The summed E-state index contributed by atoms with van der Waals surface area (Å²) in [4.78, 5) is 11.4. The molecule has 0 aliphatic carbocycles. The Morgan fingerprint density at radius 2 is 1.88 bits per heavy atom. The average Bonchev–Trinajstić information content (AvgIpc) is 2.58. The zero-order valence-corrected chi connectivity index (χ0v) is 10.2. The molecule has 0 atom stereocenters. The first-order valence-electron chi connectivity index (χ1n) is 5.52. The molecule has 2 rings (SSSR count). The van der Waals surface area contributed by atoms with Gasteiger partial charge in [0.25, 0.3) is 0 Å². The average molecular weight is 215 g/mol. The van der Waals surface area contributed by atoms with Crippen LogP contribution in [-0.2, 0) is 5.41 Å². The van der Waals surface area contributed by atoms with E-state index in [2.05, 4.69) is 39.0 Å². The van der Waals surface area contributed by atoms with E-state index in [-0.39, 0.29) is 11.3 Å². The van der Waals surface area contributed by atoms with Gasteiger partial charge >= 0.3 is 0 Å². The van der Waals surface area contributed by atoms with Crippen molar-refractivity contribution in [2.24, 2.45) is 0 Å². The molecule has 0 unspecified atom stereocenters. The summed E-state index contributed by atoms with van der Waals surface area (Å²) in [5, 5.41) is 1.11. The van der Waals surface area contributed by atoms with Crippen LogP contribution in [0.5, 0.6) is 0 Å². The summed E-state index contributed by atoms with van der Waals surface area (Å²) in [6.45, 7) is 8.11. The molecule has 0 amide bonds. The first-order valence-corrected chi connectivity index (χ1v) is 5.52. The molecule has 0 saturated carbocycles. The number of hydrogen-bond acceptors (Lipinski definition) is 1. The van der Waals surface area contributed by atoms with Crippen molar-refractivity contribution in [3.05, 3.63) is 36.0 Å². The number of fused-ring (bicyclic) bond motifs is 1. The normalized spacial score (nSPS) is 12.0. The highest BCUT2D eigenvalue weighted by molar-refractivity contribution is 5.91. The predicted octanol–water partition coefficient (Wildman–Crippen LogP) is 3.60. The first-order chi connectivity index (χ1) is 7.39. The molecule has 0 aliphatic heterocycles. The Kier molecular flexibility index (Phi) is 2.38. The van der Waals surface area contributed by atoms with Crippen molar-refractivity contribution in [2.45, 2.75) is 33.1 Å². The lowest BCUT2D eigenvalue weighted by atomic mass is 9.87. The summed E-state index contributed by atoms with van der Waals surface area (Å²) in [5.74, 6) is 0.0565. The monoisotopic (exact) mass is 215 g/mol. The molecule has 2 aromatic rings. The van der Waals surface area contributed by atoms with Gasteiger partial charge in [0.2, 0.25) is 5.91 Å². The van der Waals surface area contributed by atoms with E-state index >= 15 is 0 Å². The van der Waals surface area contributed by atoms with E-state index in [1.54, 1.807) is 11.5 Å². The van der Waals surface area contributed by atoms with Gasteiger partial charge in [0.15, 0.2) is 0 Å². The maximum Gasteiger partial charge on any atom is 0.227 e. The number of hydrogen-bond donors (Lipinski definition) is 0. The highest BCUT2D eigenvalue weighted by Gasteiger charge is 2.15. The molecule has 0 fully saturated rings. The number of aromatic nitrogens is 1. The van der Waals surface area contributed by atoms with Crippen molar-refractivity contribution >= 4 is 16.8 Å². The molecule has 0 N–H and O–H groups in total. The first kappa shape index (κ1) is 10.9. The van der Waals surface area contributed by atoms with Gasteiger partial charge in [0.1, 0.15) is 0 Å². The number of rotatable bonds is 0. The van der Waals surface area contributed by atoms with Gasteiger partial charge in [0.05, 0.1) is 5.52 Å². The molecule has 0 aliphatic rings. The second kappa shape index (κ2) is 3.48. The van der Waals surface area contributed by atoms with E-state index in [9.17, 15) is 4.79 Å². The third-order valence-corrected chi connectivity index (χ3v) is 2.90. The second-order valence-corrected chi connectivity index (χ2v) is 5.23. The molecular formula is C14H17NO. The highest BCUT2D eigenvalue weighted by atomic mass is 16.1. The number of benzene rings is 1. The summed E-state index contributed by atoms with van der Waals surface area (Å²) in [6.07, 6.45) is 1.83. The molecule has 1 aromatic carbocycles. The van der Waals surface area contributed by atoms with Crippen molar-refractivity contribution in [3.63, 3.8) is 0 Å². The summed E-state index contributed by atoms with van der Waals surface area (Å²) >= 11 is 0. The van der Waals surface area contributed by atoms with Crippen molar-refractivity contribution in [3.8, 4) is 0 Å². The standard InChI is InChI=1S/C14H17NO/c1-10(16)15-8-7-11-5-6-12(9-13(11)15)14(2,3)4/h5-9H,1-4H3. The topological polar surface area (TPSA) is 22.0 Å². The van der Waals surface area contributed by atoms with E-state index in [1.807, 2.05) is 12.3 Å². The van der Waals surface area contributed by atoms with Crippen molar-refractivity contribution in [1.29, 1.82) is 0 Å². The van der Waals surface area contributed by atoms with Crippen molar-refractivity contribution < 1.29 is 4.79 Å². The van der Waals surface area contributed by atoms with Crippen molar-refractivity contribution in [2.75, 3.05) is 0 Å². The minimum atomic E-state index is 0.0565. The predicted molar refractivity (Wildman–Crippen MR) is 66.9 cm³/mol. The van der Waals surface area contributed by atoms with E-state index < -0.39 is 0 Å². The Balaban J connectivity index is 2.68. The van der Waals surface area contributed by atoms with Gasteiger partial charge in [-0.15, -0.1) is 0 Å². The molecule has 0 radical (unpaired) electrons. The maximum absolute atomic E-state index is 11.4. The Hall–Kier alpha value is -1.57. The smallest absolute Gasteiger partial charge is 0.227 e. The molecular weight excluding hydrogens is 198 g/mol. The van der Waals surface area contributed by atoms with Gasteiger partial charge in [-0.3, -0.25) is 9.36 Å². The lowest BCUT2D eigenvalue weighted by molar-refractivity contribution is 0.0941. The zero-order chi connectivity index (χ0) is 11.9. The van der Waals surface area contributed by atoms with E-state index in [0.29, 0.717) is 0 Å². The summed E-state index contributed by atoms with van der Waals surface area (Å²) < 4.78 is 1.70. The number of carbonyl (C=O) groups is 1. The van der Waals surface area contributed by atoms with E-state index in [1.165, 1.54) is 5.56 Å². The van der Waals surface area contributed by atoms with Crippen LogP contribution in [0.15, 0.2) is 30.5 Å². The summed E-state index contributed by atoms with van der Waals surface area (Å²) in [5.41, 5.74) is 2.36. The van der Waals surface area contributed by atoms with Crippen LogP contribution in [0.1, 0.15) is 38.1 Å². The van der Waals surface area contributed by atoms with Crippen LogP contribution in [-0.4, -0.2) is 10.5 Å². The van der Waals surface area contributed by atoms with Crippen LogP contribution in [0.2, 0.25) is 0 Å². The van der Waals surface area contributed by atoms with Gasteiger partial charge in [-0.05, 0) is 23.1 Å². The van der Waals surface area contributed by atoms with Gasteiger partial charge in [-0.2, -0.15) is 0 Å². The Morgan fingerprint density at radius 3 is 2.44 bits per heavy atom. The van der Waals surface area contributed by atoms with Crippen LogP contribution in [0.4, 0.5) is 0 Å². The summed E-state index contributed by atoms with van der Waals surface area (Å²) in [6, 6.07) is 8.29. The number of carbonyl (C=O) groups excluding carboxylic acids is 1. The molecule has 2 nitrogen and oxygen atoms in total. The quantitative estimate of drug-likeness (QED) is 0.658. The third-order valence-electron chi connectivity index (χ3n) is 2.90. The fourth-order valence-electron chi connectivity index (χ4n) is 1.87. The second-order valence-electron chi connectivity index (χ2n) is 5.23. The molecule has 84 valence electrons. The fourth-order valence-corrected chi connectivity index (χ4v) is 1.87. The molecule has 0 spiro atoms. The van der Waals surface area contributed by atoms with Gasteiger partial charge in [-0.25, -0.2) is 0 Å². The Morgan fingerprint density at radius 1 is 1.19 bits per heavy atom. The van der Waals surface area contributed by atoms with Crippen LogP contribution >= 0.6 is 0 Å². The fraction of sp³-hybridized carbons (Fsp3) is 0.357. The van der Waals surface area contributed by atoms with Crippen LogP contribution in [0, 0.1) is 0 Å². The van der Waals surface area contributed by atoms with Crippen LogP contribution in [0.3, 0.4) is 0 Å². The van der Waals surface area contributed by atoms with E-state index in [4.69, 9.17) is 0 Å². The maximum atomic E-state index is 11.4. The minimum Gasteiger partial charge on any atom is -0.287 e. The minimum absolute atomic E-state index is 0.0565. The highest BCUT2D eigenvalue weighted by Crippen LogP contribution is 2.26. The van der Waals surface area contributed by atoms with Crippen LogP contribution < -0.4 is 0 Å². The van der Waals surface area contributed by atoms with E-state index in [0.717, 1.165) is 10.9 Å².